The molecule has 2 aromatic rings. The lowest BCUT2D eigenvalue weighted by molar-refractivity contribution is 0.102. The van der Waals surface area contributed by atoms with Crippen molar-refractivity contribution < 1.29 is 4.79 Å². The summed E-state index contributed by atoms with van der Waals surface area (Å²) in [6.45, 7) is 1.95. The lowest BCUT2D eigenvalue weighted by Gasteiger charge is -2.09. The van der Waals surface area contributed by atoms with Crippen LogP contribution in [-0.4, -0.2) is 5.91 Å². The van der Waals surface area contributed by atoms with Crippen molar-refractivity contribution in [3.63, 3.8) is 0 Å². The molecule has 3 N–H and O–H groups in total. The third kappa shape index (κ3) is 2.90. The fourth-order valence-corrected chi connectivity index (χ4v) is 1.92. The van der Waals surface area contributed by atoms with E-state index in [4.69, 9.17) is 5.73 Å². The molecule has 0 spiro atoms. The Balaban J connectivity index is 2.21. The minimum absolute atomic E-state index is 0.142. The highest BCUT2D eigenvalue weighted by Gasteiger charge is 2.07. The van der Waals surface area contributed by atoms with Crippen molar-refractivity contribution >= 4 is 33.2 Å². The zero-order chi connectivity index (χ0) is 13.1. The van der Waals surface area contributed by atoms with Crippen molar-refractivity contribution in [3.8, 4) is 0 Å². The van der Waals surface area contributed by atoms with Gasteiger partial charge in [0, 0.05) is 21.4 Å². The van der Waals surface area contributed by atoms with Gasteiger partial charge in [-0.3, -0.25) is 4.79 Å². The summed E-state index contributed by atoms with van der Waals surface area (Å²) < 4.78 is 0.931. The number of anilines is 2. The Bertz CT molecular complexity index is 579. The first-order chi connectivity index (χ1) is 8.56. The molecule has 3 nitrogen and oxygen atoms in total. The summed E-state index contributed by atoms with van der Waals surface area (Å²) in [6, 6.07) is 12.6. The van der Waals surface area contributed by atoms with Gasteiger partial charge in [-0.05, 0) is 48.9 Å². The third-order valence-corrected chi connectivity index (χ3v) is 3.11. The lowest BCUT2D eigenvalue weighted by Crippen LogP contribution is -2.12. The van der Waals surface area contributed by atoms with E-state index in [1.807, 2.05) is 25.1 Å². The summed E-state index contributed by atoms with van der Waals surface area (Å²) in [6.07, 6.45) is 0. The smallest absolute Gasteiger partial charge is 0.255 e. The molecule has 0 atom stereocenters. The average molecular weight is 305 g/mol. The van der Waals surface area contributed by atoms with Gasteiger partial charge in [-0.1, -0.05) is 22.0 Å². The molecule has 92 valence electrons. The maximum Gasteiger partial charge on any atom is 0.255 e. The van der Waals surface area contributed by atoms with E-state index in [1.165, 1.54) is 0 Å². The van der Waals surface area contributed by atoms with E-state index >= 15 is 0 Å². The van der Waals surface area contributed by atoms with Gasteiger partial charge in [-0.15, -0.1) is 0 Å². The number of hydrogen-bond donors (Lipinski definition) is 2. The monoisotopic (exact) mass is 304 g/mol. The van der Waals surface area contributed by atoms with Crippen molar-refractivity contribution in [2.45, 2.75) is 6.92 Å². The topological polar surface area (TPSA) is 55.1 Å². The Hall–Kier alpha value is -1.81. The number of amides is 1. The zero-order valence-corrected chi connectivity index (χ0v) is 11.5. The average Bonchev–Trinajstić information content (AvgIpc) is 2.34. The second kappa shape index (κ2) is 5.23. The van der Waals surface area contributed by atoms with E-state index in [0.717, 1.165) is 15.7 Å². The molecule has 0 radical (unpaired) electrons. The van der Waals surface area contributed by atoms with E-state index < -0.39 is 0 Å². The summed E-state index contributed by atoms with van der Waals surface area (Å²) in [5.41, 5.74) is 8.63. The number of nitrogen functional groups attached to an aromatic ring is 1. The summed E-state index contributed by atoms with van der Waals surface area (Å²) >= 11 is 3.38. The number of rotatable bonds is 2. The molecule has 0 saturated heterocycles. The fraction of sp³-hybridized carbons (Fsp3) is 0.0714. The number of aryl methyl sites for hydroxylation is 1. The SMILES string of the molecule is Cc1ccc(Br)cc1NC(=O)c1ccc(N)cc1. The molecule has 0 fully saturated rings. The Kier molecular flexibility index (Phi) is 3.67. The van der Waals surface area contributed by atoms with Gasteiger partial charge in [0.15, 0.2) is 0 Å². The maximum absolute atomic E-state index is 12.0. The molecule has 0 aromatic heterocycles. The first kappa shape index (κ1) is 12.6. The number of carbonyl (C=O) groups excluding carboxylic acids is 1. The molecule has 2 aromatic carbocycles. The Morgan fingerprint density at radius 3 is 2.50 bits per heavy atom. The van der Waals surface area contributed by atoms with Gasteiger partial charge in [0.05, 0.1) is 0 Å². The molecule has 0 saturated carbocycles. The molecule has 0 unspecified atom stereocenters. The molecule has 0 bridgehead atoms. The van der Waals surface area contributed by atoms with E-state index in [2.05, 4.69) is 21.2 Å². The number of halogens is 1. The second-order valence-corrected chi connectivity index (χ2v) is 4.95. The first-order valence-electron chi connectivity index (χ1n) is 5.49. The quantitative estimate of drug-likeness (QED) is 0.833. The molecule has 18 heavy (non-hydrogen) atoms. The number of nitrogens with two attached hydrogens (primary N) is 1. The third-order valence-electron chi connectivity index (χ3n) is 2.62. The van der Waals surface area contributed by atoms with Gasteiger partial charge >= 0.3 is 0 Å². The van der Waals surface area contributed by atoms with Gasteiger partial charge in [0.25, 0.3) is 5.91 Å². The lowest BCUT2D eigenvalue weighted by atomic mass is 10.1. The molecule has 1 amide bonds. The van der Waals surface area contributed by atoms with Crippen LogP contribution >= 0.6 is 15.9 Å². The molecular formula is C14H13BrN2O. The van der Waals surface area contributed by atoms with Crippen molar-refractivity contribution in [2.24, 2.45) is 0 Å². The zero-order valence-electron chi connectivity index (χ0n) is 9.91. The van der Waals surface area contributed by atoms with Crippen LogP contribution in [0.15, 0.2) is 46.9 Å². The minimum atomic E-state index is -0.142. The van der Waals surface area contributed by atoms with Crippen molar-refractivity contribution in [1.82, 2.24) is 0 Å². The van der Waals surface area contributed by atoms with Gasteiger partial charge in [-0.25, -0.2) is 0 Å². The fourth-order valence-electron chi connectivity index (χ4n) is 1.56. The Morgan fingerprint density at radius 1 is 1.17 bits per heavy atom. The predicted octanol–water partition coefficient (Wildman–Crippen LogP) is 3.59. The van der Waals surface area contributed by atoms with Crippen LogP contribution in [0, 0.1) is 6.92 Å². The first-order valence-corrected chi connectivity index (χ1v) is 6.28. The van der Waals surface area contributed by atoms with Gasteiger partial charge in [0.2, 0.25) is 0 Å². The van der Waals surface area contributed by atoms with Crippen LogP contribution in [0.1, 0.15) is 15.9 Å². The van der Waals surface area contributed by atoms with Crippen LogP contribution in [0.2, 0.25) is 0 Å². The molecule has 4 heteroatoms. The Labute approximate surface area is 114 Å². The molecular weight excluding hydrogens is 292 g/mol. The summed E-state index contributed by atoms with van der Waals surface area (Å²) in [5, 5.41) is 2.88. The van der Waals surface area contributed by atoms with E-state index in [1.54, 1.807) is 24.3 Å². The number of benzene rings is 2. The normalized spacial score (nSPS) is 10.1. The van der Waals surface area contributed by atoms with Crippen LogP contribution in [0.5, 0.6) is 0 Å². The molecule has 2 rings (SSSR count). The number of hydrogen-bond acceptors (Lipinski definition) is 2. The predicted molar refractivity (Wildman–Crippen MR) is 77.7 cm³/mol. The van der Waals surface area contributed by atoms with Crippen LogP contribution in [-0.2, 0) is 0 Å². The van der Waals surface area contributed by atoms with Gasteiger partial charge in [0.1, 0.15) is 0 Å². The standard InChI is InChI=1S/C14H13BrN2O/c1-9-2-5-11(15)8-13(9)17-14(18)10-3-6-12(16)7-4-10/h2-8H,16H2,1H3,(H,17,18). The van der Waals surface area contributed by atoms with Gasteiger partial charge < -0.3 is 11.1 Å². The number of nitrogens with one attached hydrogen (secondary N) is 1. The maximum atomic E-state index is 12.0. The highest BCUT2D eigenvalue weighted by atomic mass is 79.9. The van der Waals surface area contributed by atoms with Crippen molar-refractivity contribution in [2.75, 3.05) is 11.1 Å². The molecule has 0 heterocycles. The molecule has 0 aliphatic heterocycles. The van der Waals surface area contributed by atoms with Crippen molar-refractivity contribution in [1.29, 1.82) is 0 Å². The van der Waals surface area contributed by atoms with Crippen LogP contribution in [0.3, 0.4) is 0 Å². The van der Waals surface area contributed by atoms with Gasteiger partial charge in [-0.2, -0.15) is 0 Å². The molecule has 0 aliphatic rings. The van der Waals surface area contributed by atoms with E-state index in [9.17, 15) is 4.79 Å². The van der Waals surface area contributed by atoms with Crippen LogP contribution in [0.4, 0.5) is 11.4 Å². The van der Waals surface area contributed by atoms with E-state index in [-0.39, 0.29) is 5.91 Å². The van der Waals surface area contributed by atoms with Crippen LogP contribution in [0.25, 0.3) is 0 Å². The molecule has 0 aliphatic carbocycles. The van der Waals surface area contributed by atoms with Crippen molar-refractivity contribution in [3.05, 3.63) is 58.1 Å². The van der Waals surface area contributed by atoms with E-state index in [0.29, 0.717) is 11.3 Å². The largest absolute Gasteiger partial charge is 0.399 e. The number of carbonyl (C=O) groups is 1. The Morgan fingerprint density at radius 2 is 1.83 bits per heavy atom. The minimum Gasteiger partial charge on any atom is -0.399 e. The second-order valence-electron chi connectivity index (χ2n) is 4.04. The highest BCUT2D eigenvalue weighted by Crippen LogP contribution is 2.21. The van der Waals surface area contributed by atoms with Crippen LogP contribution < -0.4 is 11.1 Å². The summed E-state index contributed by atoms with van der Waals surface area (Å²) in [5.74, 6) is -0.142. The summed E-state index contributed by atoms with van der Waals surface area (Å²) in [4.78, 5) is 12.0. The summed E-state index contributed by atoms with van der Waals surface area (Å²) in [7, 11) is 0. The highest BCUT2D eigenvalue weighted by molar-refractivity contribution is 9.10.